The van der Waals surface area contributed by atoms with E-state index in [1.54, 1.807) is 20.3 Å². The first-order valence-corrected chi connectivity index (χ1v) is 10.1. The average Bonchev–Trinajstić information content (AvgIpc) is 2.78. The van der Waals surface area contributed by atoms with Crippen molar-refractivity contribution in [2.45, 2.75) is 25.4 Å². The van der Waals surface area contributed by atoms with Gasteiger partial charge in [0.25, 0.3) is 5.56 Å². The summed E-state index contributed by atoms with van der Waals surface area (Å²) in [5.41, 5.74) is 1.87. The zero-order valence-electron chi connectivity index (χ0n) is 17.5. The molecule has 1 aliphatic rings. The van der Waals surface area contributed by atoms with E-state index in [0.29, 0.717) is 24.5 Å². The van der Waals surface area contributed by atoms with Gasteiger partial charge in [-0.1, -0.05) is 30.3 Å². The van der Waals surface area contributed by atoms with E-state index >= 15 is 0 Å². The Balaban J connectivity index is 1.68. The smallest absolute Gasteiger partial charge is 0.331 e. The Morgan fingerprint density at radius 1 is 1.10 bits per heavy atom. The Hall–Kier alpha value is -3.52. The molecule has 0 fully saturated rings. The van der Waals surface area contributed by atoms with Crippen LogP contribution in [0.1, 0.15) is 28.3 Å². The van der Waals surface area contributed by atoms with E-state index in [4.69, 9.17) is 9.47 Å². The maximum Gasteiger partial charge on any atom is 0.331 e. The summed E-state index contributed by atoms with van der Waals surface area (Å²) in [5, 5.41) is 14.2. The van der Waals surface area contributed by atoms with Crippen LogP contribution in [0.2, 0.25) is 0 Å². The van der Waals surface area contributed by atoms with Gasteiger partial charge < -0.3 is 19.9 Å². The third-order valence-electron chi connectivity index (χ3n) is 5.68. The molecule has 2 aromatic carbocycles. The number of aromatic amines is 1. The number of rotatable bonds is 6. The molecule has 3 N–H and O–H groups in total. The first kappa shape index (κ1) is 20.7. The van der Waals surface area contributed by atoms with E-state index in [-0.39, 0.29) is 18.0 Å². The highest BCUT2D eigenvalue weighted by molar-refractivity contribution is 5.43. The van der Waals surface area contributed by atoms with Gasteiger partial charge in [-0.15, -0.1) is 0 Å². The van der Waals surface area contributed by atoms with Crippen molar-refractivity contribution in [1.29, 1.82) is 0 Å². The summed E-state index contributed by atoms with van der Waals surface area (Å²) in [6.45, 7) is 0.865. The van der Waals surface area contributed by atoms with Gasteiger partial charge >= 0.3 is 5.69 Å². The first-order chi connectivity index (χ1) is 15.0. The Morgan fingerprint density at radius 3 is 2.65 bits per heavy atom. The summed E-state index contributed by atoms with van der Waals surface area (Å²) in [5.74, 6) is 0.879. The van der Waals surface area contributed by atoms with Crippen LogP contribution in [0, 0.1) is 0 Å². The Bertz CT molecular complexity index is 1210. The van der Waals surface area contributed by atoms with Gasteiger partial charge in [-0.2, -0.15) is 0 Å². The highest BCUT2D eigenvalue weighted by Crippen LogP contribution is 2.31. The molecule has 1 aliphatic heterocycles. The topological polar surface area (TPSA) is 106 Å². The predicted molar refractivity (Wildman–Crippen MR) is 116 cm³/mol. The minimum atomic E-state index is -0.643. The van der Waals surface area contributed by atoms with Crippen molar-refractivity contribution in [2.24, 2.45) is 0 Å². The lowest BCUT2D eigenvalue weighted by Crippen LogP contribution is -2.39. The number of aromatic hydroxyl groups is 1. The van der Waals surface area contributed by atoms with Gasteiger partial charge in [0.05, 0.1) is 25.8 Å². The molecule has 0 amide bonds. The largest absolute Gasteiger partial charge is 0.494 e. The number of aryl methyl sites for hydroxylation is 1. The number of fused-ring (bicyclic) bond motifs is 1. The lowest BCUT2D eigenvalue weighted by Gasteiger charge is -2.27. The third-order valence-corrected chi connectivity index (χ3v) is 5.68. The summed E-state index contributed by atoms with van der Waals surface area (Å²) in [6.07, 6.45) is 1.29. The number of benzene rings is 2. The molecule has 4 rings (SSSR count). The second kappa shape index (κ2) is 8.69. The standard InChI is InChI=1S/C23H25N3O5/c1-30-17-8-7-14(13-18(17)31-2)10-12-26-22(28)19(21(27)25-23(26)29)20-16-6-4-3-5-15(16)9-11-24-20/h3-8,13,20,24,28H,9-12H2,1-2H3,(H,25,27,29)/t20-/m0/s1. The van der Waals surface area contributed by atoms with E-state index < -0.39 is 17.3 Å². The van der Waals surface area contributed by atoms with Crippen LogP contribution in [-0.4, -0.2) is 35.4 Å². The van der Waals surface area contributed by atoms with Crippen LogP contribution in [0.25, 0.3) is 0 Å². The molecule has 2 heterocycles. The van der Waals surface area contributed by atoms with Crippen molar-refractivity contribution in [2.75, 3.05) is 20.8 Å². The normalized spacial score (nSPS) is 15.4. The van der Waals surface area contributed by atoms with Crippen LogP contribution in [-0.2, 0) is 19.4 Å². The number of nitrogens with zero attached hydrogens (tertiary/aromatic N) is 1. The van der Waals surface area contributed by atoms with Crippen molar-refractivity contribution >= 4 is 0 Å². The van der Waals surface area contributed by atoms with E-state index in [2.05, 4.69) is 10.3 Å². The average molecular weight is 423 g/mol. The van der Waals surface area contributed by atoms with Gasteiger partial charge in [0.2, 0.25) is 5.88 Å². The predicted octanol–water partition coefficient (Wildman–Crippen LogP) is 1.74. The highest BCUT2D eigenvalue weighted by atomic mass is 16.5. The monoisotopic (exact) mass is 423 g/mol. The van der Waals surface area contributed by atoms with Gasteiger partial charge in [-0.3, -0.25) is 14.3 Å². The van der Waals surface area contributed by atoms with E-state index in [9.17, 15) is 14.7 Å². The molecule has 8 nitrogen and oxygen atoms in total. The fourth-order valence-corrected chi connectivity index (χ4v) is 4.08. The molecule has 162 valence electrons. The molecule has 0 bridgehead atoms. The first-order valence-electron chi connectivity index (χ1n) is 10.1. The van der Waals surface area contributed by atoms with Crippen LogP contribution in [0.5, 0.6) is 17.4 Å². The summed E-state index contributed by atoms with van der Waals surface area (Å²) in [4.78, 5) is 27.5. The van der Waals surface area contributed by atoms with Crippen LogP contribution in [0.3, 0.4) is 0 Å². The second-order valence-electron chi connectivity index (χ2n) is 7.42. The third kappa shape index (κ3) is 3.94. The van der Waals surface area contributed by atoms with Crippen molar-refractivity contribution in [3.8, 4) is 17.4 Å². The van der Waals surface area contributed by atoms with Crippen molar-refractivity contribution in [3.05, 3.63) is 85.6 Å². The van der Waals surface area contributed by atoms with Gasteiger partial charge in [0.1, 0.15) is 0 Å². The fourth-order valence-electron chi connectivity index (χ4n) is 4.08. The maximum absolute atomic E-state index is 12.7. The summed E-state index contributed by atoms with van der Waals surface area (Å²) >= 11 is 0. The fraction of sp³-hybridized carbons (Fsp3) is 0.304. The Morgan fingerprint density at radius 2 is 1.87 bits per heavy atom. The molecular formula is C23H25N3O5. The van der Waals surface area contributed by atoms with Crippen molar-refractivity contribution < 1.29 is 14.6 Å². The number of methoxy groups -OCH3 is 2. The molecule has 0 saturated carbocycles. The quantitative estimate of drug-likeness (QED) is 0.558. The molecule has 0 aliphatic carbocycles. The van der Waals surface area contributed by atoms with E-state index in [1.807, 2.05) is 36.4 Å². The Labute approximate surface area is 179 Å². The number of H-pyrrole nitrogens is 1. The van der Waals surface area contributed by atoms with Crippen LogP contribution >= 0.6 is 0 Å². The summed E-state index contributed by atoms with van der Waals surface area (Å²) in [7, 11) is 3.12. The molecule has 31 heavy (non-hydrogen) atoms. The number of hydrogen-bond acceptors (Lipinski definition) is 6. The molecule has 1 aromatic heterocycles. The van der Waals surface area contributed by atoms with Crippen LogP contribution < -0.4 is 26.0 Å². The molecule has 0 saturated heterocycles. The number of nitrogens with one attached hydrogen (secondary N) is 2. The zero-order valence-corrected chi connectivity index (χ0v) is 17.5. The molecule has 3 aromatic rings. The molecule has 0 spiro atoms. The summed E-state index contributed by atoms with van der Waals surface area (Å²) in [6, 6.07) is 12.8. The number of hydrogen-bond donors (Lipinski definition) is 3. The van der Waals surface area contributed by atoms with Gasteiger partial charge in [0.15, 0.2) is 11.5 Å². The molecule has 8 heteroatoms. The van der Waals surface area contributed by atoms with Gasteiger partial charge in [0, 0.05) is 13.1 Å². The molecule has 0 unspecified atom stereocenters. The number of ether oxygens (including phenoxy) is 2. The minimum absolute atomic E-state index is 0.152. The SMILES string of the molecule is COc1ccc(CCn2c(O)c([C@H]3NCCc4ccccc43)c(=O)[nH]c2=O)cc1OC. The van der Waals surface area contributed by atoms with Crippen LogP contribution in [0.4, 0.5) is 0 Å². The van der Waals surface area contributed by atoms with Crippen molar-refractivity contribution in [3.63, 3.8) is 0 Å². The summed E-state index contributed by atoms with van der Waals surface area (Å²) < 4.78 is 11.8. The zero-order chi connectivity index (χ0) is 22.0. The number of aromatic nitrogens is 2. The lowest BCUT2D eigenvalue weighted by molar-refractivity contribution is 0.354. The Kier molecular flexibility index (Phi) is 5.81. The second-order valence-corrected chi connectivity index (χ2v) is 7.42. The highest BCUT2D eigenvalue weighted by Gasteiger charge is 2.28. The lowest BCUT2D eigenvalue weighted by atomic mass is 9.90. The van der Waals surface area contributed by atoms with E-state index in [1.165, 1.54) is 4.57 Å². The van der Waals surface area contributed by atoms with Crippen molar-refractivity contribution in [1.82, 2.24) is 14.9 Å². The maximum atomic E-state index is 12.7. The van der Waals surface area contributed by atoms with E-state index in [0.717, 1.165) is 23.1 Å². The molecular weight excluding hydrogens is 398 g/mol. The minimum Gasteiger partial charge on any atom is -0.494 e. The molecule has 1 atom stereocenters. The van der Waals surface area contributed by atoms with Crippen LogP contribution in [0.15, 0.2) is 52.1 Å². The van der Waals surface area contributed by atoms with Gasteiger partial charge in [-0.05, 0) is 41.7 Å². The molecule has 0 radical (unpaired) electrons. The van der Waals surface area contributed by atoms with Gasteiger partial charge in [-0.25, -0.2) is 4.79 Å².